The highest BCUT2D eigenvalue weighted by Crippen LogP contribution is 2.30. The molecule has 0 aliphatic carbocycles. The number of ether oxygens (including phenoxy) is 2. The van der Waals surface area contributed by atoms with Crippen molar-refractivity contribution in [1.29, 1.82) is 0 Å². The van der Waals surface area contributed by atoms with Gasteiger partial charge in [0, 0.05) is 12.1 Å². The minimum absolute atomic E-state index is 0.251. The molecular weight excluding hydrogens is 235 g/mol. The van der Waals surface area contributed by atoms with Gasteiger partial charge in [0.1, 0.15) is 11.5 Å². The molecule has 0 amide bonds. The van der Waals surface area contributed by atoms with E-state index < -0.39 is 6.36 Å². The summed E-state index contributed by atoms with van der Waals surface area (Å²) in [7, 11) is 1.37. The predicted molar refractivity (Wildman–Crippen MR) is 57.0 cm³/mol. The standard InChI is InChI=1S/C11H14F3NO2/c1-7(15)5-8-3-4-9(16-2)6-10(8)17-11(12,13)14/h3-4,6-7H,5,15H2,1-2H3. The lowest BCUT2D eigenvalue weighted by molar-refractivity contribution is -0.274. The molecule has 0 bridgehead atoms. The maximum atomic E-state index is 12.2. The zero-order valence-electron chi connectivity index (χ0n) is 9.54. The monoisotopic (exact) mass is 249 g/mol. The molecule has 0 heterocycles. The Morgan fingerprint density at radius 2 is 2.00 bits per heavy atom. The van der Waals surface area contributed by atoms with E-state index in [2.05, 4.69) is 4.74 Å². The van der Waals surface area contributed by atoms with E-state index in [9.17, 15) is 13.2 Å². The summed E-state index contributed by atoms with van der Waals surface area (Å²) in [5.74, 6) is 0.0341. The van der Waals surface area contributed by atoms with Crippen LogP contribution in [0.4, 0.5) is 13.2 Å². The fourth-order valence-corrected chi connectivity index (χ4v) is 1.40. The van der Waals surface area contributed by atoms with Crippen LogP contribution in [0.5, 0.6) is 11.5 Å². The number of nitrogens with two attached hydrogens (primary N) is 1. The van der Waals surface area contributed by atoms with E-state index in [1.807, 2.05) is 0 Å². The van der Waals surface area contributed by atoms with Gasteiger partial charge in [-0.1, -0.05) is 6.07 Å². The highest BCUT2D eigenvalue weighted by Gasteiger charge is 2.32. The van der Waals surface area contributed by atoms with Gasteiger partial charge in [0.2, 0.25) is 0 Å². The molecule has 0 spiro atoms. The second-order valence-corrected chi connectivity index (χ2v) is 3.70. The lowest BCUT2D eigenvalue weighted by Crippen LogP contribution is -2.21. The minimum atomic E-state index is -4.72. The van der Waals surface area contributed by atoms with Gasteiger partial charge in [-0.3, -0.25) is 0 Å². The van der Waals surface area contributed by atoms with Gasteiger partial charge in [0.05, 0.1) is 7.11 Å². The molecule has 0 saturated carbocycles. The molecule has 0 aliphatic heterocycles. The van der Waals surface area contributed by atoms with Crippen molar-refractivity contribution >= 4 is 0 Å². The number of alkyl halides is 3. The van der Waals surface area contributed by atoms with E-state index in [1.54, 1.807) is 13.0 Å². The van der Waals surface area contributed by atoms with E-state index in [4.69, 9.17) is 10.5 Å². The van der Waals surface area contributed by atoms with Crippen molar-refractivity contribution in [3.8, 4) is 11.5 Å². The van der Waals surface area contributed by atoms with Crippen LogP contribution in [-0.4, -0.2) is 19.5 Å². The molecule has 0 aromatic heterocycles. The number of rotatable bonds is 4. The molecule has 17 heavy (non-hydrogen) atoms. The van der Waals surface area contributed by atoms with Crippen LogP contribution in [0.1, 0.15) is 12.5 Å². The Bertz CT molecular complexity index is 377. The summed E-state index contributed by atoms with van der Waals surface area (Å²) < 4.78 is 45.4. The van der Waals surface area contributed by atoms with E-state index >= 15 is 0 Å². The molecule has 1 rings (SSSR count). The van der Waals surface area contributed by atoms with Crippen LogP contribution < -0.4 is 15.2 Å². The fourth-order valence-electron chi connectivity index (χ4n) is 1.40. The molecule has 1 atom stereocenters. The highest BCUT2D eigenvalue weighted by molar-refractivity contribution is 5.41. The van der Waals surface area contributed by atoms with Crippen molar-refractivity contribution in [2.75, 3.05) is 7.11 Å². The average Bonchev–Trinajstić information content (AvgIpc) is 2.17. The van der Waals surface area contributed by atoms with Gasteiger partial charge in [0.25, 0.3) is 0 Å². The molecular formula is C11H14F3NO2. The van der Waals surface area contributed by atoms with Crippen LogP contribution in [0.15, 0.2) is 18.2 Å². The smallest absolute Gasteiger partial charge is 0.497 e. The maximum Gasteiger partial charge on any atom is 0.573 e. The van der Waals surface area contributed by atoms with Crippen molar-refractivity contribution < 1.29 is 22.6 Å². The second-order valence-electron chi connectivity index (χ2n) is 3.70. The van der Waals surface area contributed by atoms with Crippen molar-refractivity contribution in [3.63, 3.8) is 0 Å². The normalized spacial score (nSPS) is 13.3. The molecule has 1 aromatic rings. The van der Waals surface area contributed by atoms with Gasteiger partial charge < -0.3 is 15.2 Å². The van der Waals surface area contributed by atoms with Crippen LogP contribution in [0.3, 0.4) is 0 Å². The highest BCUT2D eigenvalue weighted by atomic mass is 19.4. The quantitative estimate of drug-likeness (QED) is 0.891. The largest absolute Gasteiger partial charge is 0.573 e. The lowest BCUT2D eigenvalue weighted by Gasteiger charge is -2.15. The van der Waals surface area contributed by atoms with Gasteiger partial charge in [-0.25, -0.2) is 0 Å². The predicted octanol–water partition coefficient (Wildman–Crippen LogP) is 2.48. The molecule has 1 unspecified atom stereocenters. The number of benzene rings is 1. The Balaban J connectivity index is 3.03. The third kappa shape index (κ3) is 4.52. The van der Waals surface area contributed by atoms with Crippen molar-refractivity contribution in [1.82, 2.24) is 0 Å². The summed E-state index contributed by atoms with van der Waals surface area (Å²) >= 11 is 0. The third-order valence-electron chi connectivity index (χ3n) is 2.04. The van der Waals surface area contributed by atoms with Crippen molar-refractivity contribution in [2.24, 2.45) is 5.73 Å². The van der Waals surface area contributed by atoms with E-state index in [-0.39, 0.29) is 11.8 Å². The molecule has 2 N–H and O–H groups in total. The van der Waals surface area contributed by atoms with Gasteiger partial charge in [0.15, 0.2) is 0 Å². The molecule has 0 radical (unpaired) electrons. The van der Waals surface area contributed by atoms with Crippen LogP contribution in [0, 0.1) is 0 Å². The number of methoxy groups -OCH3 is 1. The van der Waals surface area contributed by atoms with E-state index in [0.717, 1.165) is 0 Å². The summed E-state index contributed by atoms with van der Waals surface area (Å²) in [4.78, 5) is 0. The lowest BCUT2D eigenvalue weighted by atomic mass is 10.1. The van der Waals surface area contributed by atoms with Crippen LogP contribution in [0.2, 0.25) is 0 Å². The molecule has 96 valence electrons. The summed E-state index contributed by atoms with van der Waals surface area (Å²) in [6, 6.07) is 4.04. The van der Waals surface area contributed by atoms with Crippen molar-refractivity contribution in [3.05, 3.63) is 23.8 Å². The molecule has 1 aromatic carbocycles. The summed E-state index contributed by atoms with van der Waals surface area (Å²) in [6.07, 6.45) is -4.42. The Morgan fingerprint density at radius 1 is 1.35 bits per heavy atom. The molecule has 0 fully saturated rings. The van der Waals surface area contributed by atoms with Crippen LogP contribution in [-0.2, 0) is 6.42 Å². The molecule has 6 heteroatoms. The molecule has 0 aliphatic rings. The van der Waals surface area contributed by atoms with Gasteiger partial charge >= 0.3 is 6.36 Å². The van der Waals surface area contributed by atoms with E-state index in [0.29, 0.717) is 17.7 Å². The fraction of sp³-hybridized carbons (Fsp3) is 0.455. The van der Waals surface area contributed by atoms with E-state index in [1.165, 1.54) is 19.2 Å². The Kier molecular flexibility index (Phi) is 4.22. The van der Waals surface area contributed by atoms with Crippen LogP contribution in [0.25, 0.3) is 0 Å². The Hall–Kier alpha value is -1.43. The number of hydrogen-bond donors (Lipinski definition) is 1. The zero-order chi connectivity index (χ0) is 13.1. The van der Waals surface area contributed by atoms with Gasteiger partial charge in [-0.05, 0) is 25.0 Å². The summed E-state index contributed by atoms with van der Waals surface area (Å²) in [6.45, 7) is 1.71. The number of hydrogen-bond acceptors (Lipinski definition) is 3. The molecule has 3 nitrogen and oxygen atoms in total. The first kappa shape index (κ1) is 13.6. The first-order valence-corrected chi connectivity index (χ1v) is 5.00. The average molecular weight is 249 g/mol. The summed E-state index contributed by atoms with van der Waals surface area (Å²) in [5.41, 5.74) is 5.96. The van der Waals surface area contributed by atoms with Crippen LogP contribution >= 0.6 is 0 Å². The number of halogens is 3. The Morgan fingerprint density at radius 3 is 2.47 bits per heavy atom. The summed E-state index contributed by atoms with van der Waals surface area (Å²) in [5, 5.41) is 0. The third-order valence-corrected chi connectivity index (χ3v) is 2.04. The Labute approximate surface area is 97.3 Å². The second kappa shape index (κ2) is 5.27. The first-order chi connectivity index (χ1) is 7.81. The first-order valence-electron chi connectivity index (χ1n) is 5.00. The zero-order valence-corrected chi connectivity index (χ0v) is 9.54. The van der Waals surface area contributed by atoms with Crippen molar-refractivity contribution in [2.45, 2.75) is 25.7 Å². The maximum absolute atomic E-state index is 12.2. The van der Waals surface area contributed by atoms with Gasteiger partial charge in [-0.15, -0.1) is 13.2 Å². The molecule has 0 saturated heterocycles. The van der Waals surface area contributed by atoms with Gasteiger partial charge in [-0.2, -0.15) is 0 Å². The minimum Gasteiger partial charge on any atom is -0.497 e. The topological polar surface area (TPSA) is 44.5 Å². The SMILES string of the molecule is COc1ccc(CC(C)N)c(OC(F)(F)F)c1.